The number of aryl methyl sites for hydroxylation is 2. The van der Waals surface area contributed by atoms with Crippen LogP contribution in [0.25, 0.3) is 11.1 Å². The smallest absolute Gasteiger partial charge is 0.0682 e. The van der Waals surface area contributed by atoms with Crippen molar-refractivity contribution >= 4 is 5.69 Å². The minimum atomic E-state index is 0.0812. The molecule has 2 aromatic rings. The van der Waals surface area contributed by atoms with E-state index in [1.807, 2.05) is 12.1 Å². The molecule has 0 aromatic heterocycles. The summed E-state index contributed by atoms with van der Waals surface area (Å²) in [5.41, 5.74) is 7.13. The van der Waals surface area contributed by atoms with Crippen molar-refractivity contribution in [1.29, 1.82) is 0 Å². The van der Waals surface area contributed by atoms with Gasteiger partial charge in [-0.3, -0.25) is 0 Å². The van der Waals surface area contributed by atoms with Crippen molar-refractivity contribution in [3.8, 4) is 11.1 Å². The highest BCUT2D eigenvalue weighted by Gasteiger charge is 2.09. The fraction of sp³-hybridized carbons (Fsp3) is 0.500. The number of hydrogen-bond acceptors (Lipinski definition) is 3. The first-order valence-electron chi connectivity index (χ1n) is 10.4. The molecule has 0 fully saturated rings. The van der Waals surface area contributed by atoms with Crippen LogP contribution in [0.5, 0.6) is 0 Å². The SMILES string of the molecule is CCCCN(CCC)CCNc1cc(C)c(-c2cccc(CO)c2)c(C)c1. The molecule has 27 heavy (non-hydrogen) atoms. The highest BCUT2D eigenvalue weighted by atomic mass is 16.3. The van der Waals surface area contributed by atoms with E-state index in [0.29, 0.717) is 0 Å². The van der Waals surface area contributed by atoms with Gasteiger partial charge in [0, 0.05) is 18.8 Å². The molecule has 0 aliphatic carbocycles. The molecule has 2 rings (SSSR count). The van der Waals surface area contributed by atoms with Crippen molar-refractivity contribution < 1.29 is 5.11 Å². The molecule has 0 saturated carbocycles. The van der Waals surface area contributed by atoms with Crippen LogP contribution in [0.2, 0.25) is 0 Å². The molecule has 0 amide bonds. The number of hydrogen-bond donors (Lipinski definition) is 2. The van der Waals surface area contributed by atoms with Crippen molar-refractivity contribution in [2.45, 2.75) is 53.6 Å². The van der Waals surface area contributed by atoms with Gasteiger partial charge < -0.3 is 15.3 Å². The Labute approximate surface area is 165 Å². The van der Waals surface area contributed by atoms with Crippen LogP contribution in [0.3, 0.4) is 0 Å². The topological polar surface area (TPSA) is 35.5 Å². The number of rotatable bonds is 11. The highest BCUT2D eigenvalue weighted by Crippen LogP contribution is 2.30. The van der Waals surface area contributed by atoms with Gasteiger partial charge in [0.25, 0.3) is 0 Å². The van der Waals surface area contributed by atoms with Crippen LogP contribution in [0.1, 0.15) is 49.8 Å². The number of aliphatic hydroxyl groups is 1. The summed E-state index contributed by atoms with van der Waals surface area (Å²) in [5.74, 6) is 0. The lowest BCUT2D eigenvalue weighted by Crippen LogP contribution is -2.30. The molecule has 0 bridgehead atoms. The maximum Gasteiger partial charge on any atom is 0.0682 e. The highest BCUT2D eigenvalue weighted by molar-refractivity contribution is 5.74. The van der Waals surface area contributed by atoms with Gasteiger partial charge in [0.1, 0.15) is 0 Å². The molecule has 3 nitrogen and oxygen atoms in total. The normalized spacial score (nSPS) is 11.2. The fourth-order valence-corrected chi connectivity index (χ4v) is 3.74. The summed E-state index contributed by atoms with van der Waals surface area (Å²) in [6.45, 7) is 13.4. The zero-order chi connectivity index (χ0) is 19.6. The Morgan fingerprint density at radius 3 is 2.30 bits per heavy atom. The van der Waals surface area contributed by atoms with Gasteiger partial charge >= 0.3 is 0 Å². The van der Waals surface area contributed by atoms with Crippen LogP contribution in [-0.2, 0) is 6.61 Å². The molecule has 0 aliphatic rings. The lowest BCUT2D eigenvalue weighted by molar-refractivity contribution is 0.280. The first-order chi connectivity index (χ1) is 13.1. The van der Waals surface area contributed by atoms with Gasteiger partial charge in [-0.15, -0.1) is 0 Å². The number of benzene rings is 2. The lowest BCUT2D eigenvalue weighted by atomic mass is 9.94. The van der Waals surface area contributed by atoms with E-state index in [1.165, 1.54) is 60.3 Å². The summed E-state index contributed by atoms with van der Waals surface area (Å²) >= 11 is 0. The van der Waals surface area contributed by atoms with Gasteiger partial charge in [-0.05, 0) is 85.8 Å². The molecule has 0 aliphatic heterocycles. The minimum absolute atomic E-state index is 0.0812. The number of aliphatic hydroxyl groups excluding tert-OH is 1. The molecule has 2 N–H and O–H groups in total. The molecule has 0 atom stereocenters. The van der Waals surface area contributed by atoms with Crippen LogP contribution in [0.4, 0.5) is 5.69 Å². The third-order valence-electron chi connectivity index (χ3n) is 5.06. The molecular weight excluding hydrogens is 332 g/mol. The second-order valence-electron chi connectivity index (χ2n) is 7.47. The Bertz CT molecular complexity index is 688. The van der Waals surface area contributed by atoms with Crippen molar-refractivity contribution in [3.05, 3.63) is 53.1 Å². The van der Waals surface area contributed by atoms with Crippen molar-refractivity contribution in [2.75, 3.05) is 31.5 Å². The van der Waals surface area contributed by atoms with Crippen LogP contribution in [0.15, 0.2) is 36.4 Å². The molecular formula is C24H36N2O. The molecule has 3 heteroatoms. The number of nitrogens with zero attached hydrogens (tertiary/aromatic N) is 1. The van der Waals surface area contributed by atoms with Gasteiger partial charge in [0.2, 0.25) is 0 Å². The quantitative estimate of drug-likeness (QED) is 0.558. The summed E-state index contributed by atoms with van der Waals surface area (Å²) in [6.07, 6.45) is 3.74. The van der Waals surface area contributed by atoms with Gasteiger partial charge in [-0.2, -0.15) is 0 Å². The Kier molecular flexibility index (Phi) is 8.83. The maximum absolute atomic E-state index is 9.41. The molecule has 0 unspecified atom stereocenters. The molecule has 0 saturated heterocycles. The summed E-state index contributed by atoms with van der Waals surface area (Å²) in [4.78, 5) is 2.56. The van der Waals surface area contributed by atoms with E-state index in [9.17, 15) is 5.11 Å². The summed E-state index contributed by atoms with van der Waals surface area (Å²) in [7, 11) is 0. The van der Waals surface area contributed by atoms with Crippen LogP contribution in [0, 0.1) is 13.8 Å². The van der Waals surface area contributed by atoms with Crippen molar-refractivity contribution in [2.24, 2.45) is 0 Å². The largest absolute Gasteiger partial charge is 0.392 e. The van der Waals surface area contributed by atoms with E-state index in [-0.39, 0.29) is 6.61 Å². The average molecular weight is 369 g/mol. The zero-order valence-corrected chi connectivity index (χ0v) is 17.5. The molecule has 148 valence electrons. The minimum Gasteiger partial charge on any atom is -0.392 e. The summed E-state index contributed by atoms with van der Waals surface area (Å²) in [6, 6.07) is 12.7. The molecule has 2 aromatic carbocycles. The van der Waals surface area contributed by atoms with E-state index in [2.05, 4.69) is 62.2 Å². The third kappa shape index (κ3) is 6.37. The van der Waals surface area contributed by atoms with Gasteiger partial charge in [0.15, 0.2) is 0 Å². The molecule has 0 spiro atoms. The standard InChI is InChI=1S/C24H36N2O/c1-5-7-13-26(12-6-2)14-11-25-23-15-19(3)24(20(4)16-23)22-10-8-9-21(17-22)18-27/h8-10,15-17,25,27H,5-7,11-14,18H2,1-4H3. The van der Waals surface area contributed by atoms with E-state index in [0.717, 1.165) is 18.7 Å². The lowest BCUT2D eigenvalue weighted by Gasteiger charge is -2.22. The van der Waals surface area contributed by atoms with E-state index in [1.54, 1.807) is 0 Å². The predicted molar refractivity (Wildman–Crippen MR) is 117 cm³/mol. The monoisotopic (exact) mass is 368 g/mol. The van der Waals surface area contributed by atoms with Gasteiger partial charge in [0.05, 0.1) is 6.61 Å². The number of unbranched alkanes of at least 4 members (excludes halogenated alkanes) is 1. The Hall–Kier alpha value is -1.84. The number of anilines is 1. The van der Waals surface area contributed by atoms with Crippen LogP contribution in [-0.4, -0.2) is 36.2 Å². The van der Waals surface area contributed by atoms with E-state index in [4.69, 9.17) is 0 Å². The second-order valence-corrected chi connectivity index (χ2v) is 7.47. The summed E-state index contributed by atoms with van der Waals surface area (Å²) < 4.78 is 0. The average Bonchev–Trinajstić information content (AvgIpc) is 2.65. The van der Waals surface area contributed by atoms with Crippen LogP contribution < -0.4 is 5.32 Å². The Morgan fingerprint density at radius 2 is 1.67 bits per heavy atom. The zero-order valence-electron chi connectivity index (χ0n) is 17.5. The second kappa shape index (κ2) is 11.1. The Morgan fingerprint density at radius 1 is 0.926 bits per heavy atom. The maximum atomic E-state index is 9.41. The van der Waals surface area contributed by atoms with Crippen LogP contribution >= 0.6 is 0 Å². The third-order valence-corrected chi connectivity index (χ3v) is 5.06. The van der Waals surface area contributed by atoms with E-state index < -0.39 is 0 Å². The molecule has 0 radical (unpaired) electrons. The Balaban J connectivity index is 2.05. The fourth-order valence-electron chi connectivity index (χ4n) is 3.74. The molecule has 0 heterocycles. The first kappa shape index (κ1) is 21.5. The predicted octanol–water partition coefficient (Wildman–Crippen LogP) is 5.39. The summed E-state index contributed by atoms with van der Waals surface area (Å²) in [5, 5.41) is 13.0. The number of nitrogens with one attached hydrogen (secondary N) is 1. The van der Waals surface area contributed by atoms with Crippen molar-refractivity contribution in [3.63, 3.8) is 0 Å². The van der Waals surface area contributed by atoms with Crippen molar-refractivity contribution in [1.82, 2.24) is 4.90 Å². The first-order valence-corrected chi connectivity index (χ1v) is 10.4. The van der Waals surface area contributed by atoms with E-state index >= 15 is 0 Å². The van der Waals surface area contributed by atoms with Gasteiger partial charge in [-0.1, -0.05) is 38.5 Å². The van der Waals surface area contributed by atoms with Gasteiger partial charge in [-0.25, -0.2) is 0 Å².